The minimum absolute atomic E-state index is 0.901. The van der Waals surface area contributed by atoms with E-state index in [0.717, 1.165) is 56.7 Å². The summed E-state index contributed by atoms with van der Waals surface area (Å²) in [6.45, 7) is 8.39. The van der Waals surface area contributed by atoms with Crippen molar-refractivity contribution in [2.24, 2.45) is 0 Å². The number of aryl methyl sites for hydroxylation is 1. The summed E-state index contributed by atoms with van der Waals surface area (Å²) in [5, 5.41) is 3.36. The Morgan fingerprint density at radius 3 is 2.44 bits per heavy atom. The highest BCUT2D eigenvalue weighted by atomic mass is 15.3. The van der Waals surface area contributed by atoms with Crippen molar-refractivity contribution in [1.82, 2.24) is 15.3 Å². The predicted octanol–water partition coefficient (Wildman–Crippen LogP) is 0.795. The lowest BCUT2D eigenvalue weighted by molar-refractivity contribution is 0.579. The zero-order chi connectivity index (χ0) is 12.4. The molecule has 0 aliphatic carbocycles. The van der Waals surface area contributed by atoms with Gasteiger partial charge in [0.15, 0.2) is 0 Å². The fourth-order valence-electron chi connectivity index (χ4n) is 2.65. The molecule has 3 heterocycles. The van der Waals surface area contributed by atoms with Crippen LogP contribution in [0, 0.1) is 6.92 Å². The molecular weight excluding hydrogens is 226 g/mol. The van der Waals surface area contributed by atoms with E-state index in [1.807, 2.05) is 0 Å². The molecule has 3 rings (SSSR count). The van der Waals surface area contributed by atoms with Crippen molar-refractivity contribution in [2.75, 3.05) is 49.1 Å². The van der Waals surface area contributed by atoms with Gasteiger partial charge < -0.3 is 15.1 Å². The van der Waals surface area contributed by atoms with Crippen LogP contribution >= 0.6 is 0 Å². The van der Waals surface area contributed by atoms with Gasteiger partial charge in [0.2, 0.25) is 5.95 Å². The maximum atomic E-state index is 4.75. The Labute approximate surface area is 108 Å². The summed E-state index contributed by atoms with van der Waals surface area (Å²) in [5.74, 6) is 2.01. The van der Waals surface area contributed by atoms with Crippen LogP contribution in [-0.2, 0) is 0 Å². The van der Waals surface area contributed by atoms with Crippen LogP contribution in [0.1, 0.15) is 18.5 Å². The van der Waals surface area contributed by atoms with E-state index in [0.29, 0.717) is 0 Å². The van der Waals surface area contributed by atoms with Crippen LogP contribution in [0.4, 0.5) is 11.8 Å². The molecule has 1 aromatic heterocycles. The van der Waals surface area contributed by atoms with Gasteiger partial charge in [-0.05, 0) is 19.8 Å². The standard InChI is InChI=1S/C13H21N5/c1-11-10-12(17-6-2-3-7-17)16-13(15-11)18-8-4-14-5-9-18/h10,14H,2-9H2,1H3. The van der Waals surface area contributed by atoms with E-state index in [-0.39, 0.29) is 0 Å². The first-order valence-corrected chi connectivity index (χ1v) is 6.89. The van der Waals surface area contributed by atoms with E-state index in [1.54, 1.807) is 0 Å². The van der Waals surface area contributed by atoms with E-state index in [4.69, 9.17) is 4.98 Å². The molecule has 1 N–H and O–H groups in total. The van der Waals surface area contributed by atoms with Crippen molar-refractivity contribution in [3.8, 4) is 0 Å². The number of nitrogens with one attached hydrogen (secondary N) is 1. The van der Waals surface area contributed by atoms with Gasteiger partial charge >= 0.3 is 0 Å². The molecule has 0 saturated carbocycles. The smallest absolute Gasteiger partial charge is 0.227 e. The number of anilines is 2. The zero-order valence-electron chi connectivity index (χ0n) is 11.0. The second-order valence-corrected chi connectivity index (χ2v) is 5.10. The average molecular weight is 247 g/mol. The Bertz CT molecular complexity index is 408. The third-order valence-electron chi connectivity index (χ3n) is 3.66. The van der Waals surface area contributed by atoms with Gasteiger partial charge in [-0.15, -0.1) is 0 Å². The molecule has 2 aliphatic rings. The van der Waals surface area contributed by atoms with E-state index in [2.05, 4.69) is 33.1 Å². The zero-order valence-corrected chi connectivity index (χ0v) is 11.0. The number of nitrogens with zero attached hydrogens (tertiary/aromatic N) is 4. The molecule has 2 saturated heterocycles. The maximum Gasteiger partial charge on any atom is 0.227 e. The highest BCUT2D eigenvalue weighted by molar-refractivity contribution is 5.46. The Hall–Kier alpha value is -1.36. The Morgan fingerprint density at radius 2 is 1.72 bits per heavy atom. The summed E-state index contributed by atoms with van der Waals surface area (Å²) >= 11 is 0. The number of aromatic nitrogens is 2. The molecule has 0 aromatic carbocycles. The molecule has 0 atom stereocenters. The highest BCUT2D eigenvalue weighted by Crippen LogP contribution is 2.21. The second-order valence-electron chi connectivity index (χ2n) is 5.10. The van der Waals surface area contributed by atoms with Crippen LogP contribution in [0.25, 0.3) is 0 Å². The van der Waals surface area contributed by atoms with Crippen LogP contribution in [0.3, 0.4) is 0 Å². The van der Waals surface area contributed by atoms with Crippen molar-refractivity contribution in [2.45, 2.75) is 19.8 Å². The first-order valence-electron chi connectivity index (χ1n) is 6.89. The molecule has 5 heteroatoms. The van der Waals surface area contributed by atoms with Gasteiger partial charge in [-0.25, -0.2) is 4.98 Å². The quantitative estimate of drug-likeness (QED) is 0.837. The van der Waals surface area contributed by atoms with E-state index < -0.39 is 0 Å². The van der Waals surface area contributed by atoms with Crippen molar-refractivity contribution < 1.29 is 0 Å². The molecular formula is C13H21N5. The first kappa shape index (κ1) is 11.7. The van der Waals surface area contributed by atoms with Crippen LogP contribution in [0.15, 0.2) is 6.07 Å². The third-order valence-corrected chi connectivity index (χ3v) is 3.66. The normalized spacial score (nSPS) is 20.5. The third kappa shape index (κ3) is 2.41. The molecule has 0 spiro atoms. The fourth-order valence-corrected chi connectivity index (χ4v) is 2.65. The molecule has 5 nitrogen and oxygen atoms in total. The van der Waals surface area contributed by atoms with Crippen molar-refractivity contribution >= 4 is 11.8 Å². The molecule has 98 valence electrons. The lowest BCUT2D eigenvalue weighted by atomic mass is 10.3. The SMILES string of the molecule is Cc1cc(N2CCCC2)nc(N2CCNCC2)n1. The van der Waals surface area contributed by atoms with Gasteiger partial charge in [0.1, 0.15) is 5.82 Å². The number of hydrogen-bond donors (Lipinski definition) is 1. The summed E-state index contributed by atoms with van der Waals surface area (Å²) in [6, 6.07) is 2.11. The number of piperazine rings is 1. The maximum absolute atomic E-state index is 4.75. The minimum atomic E-state index is 0.901. The van der Waals surface area contributed by atoms with Gasteiger partial charge in [-0.3, -0.25) is 0 Å². The molecule has 1 aromatic rings. The van der Waals surface area contributed by atoms with Gasteiger partial charge in [0.25, 0.3) is 0 Å². The van der Waals surface area contributed by atoms with E-state index in [1.165, 1.54) is 12.8 Å². The molecule has 0 bridgehead atoms. The summed E-state index contributed by atoms with van der Waals surface area (Å²) in [7, 11) is 0. The molecule has 2 aliphatic heterocycles. The lowest BCUT2D eigenvalue weighted by Gasteiger charge is -2.28. The summed E-state index contributed by atoms with van der Waals surface area (Å²) in [4.78, 5) is 14.0. The highest BCUT2D eigenvalue weighted by Gasteiger charge is 2.18. The van der Waals surface area contributed by atoms with Crippen molar-refractivity contribution in [3.63, 3.8) is 0 Å². The van der Waals surface area contributed by atoms with Gasteiger partial charge in [0, 0.05) is 51.0 Å². The Morgan fingerprint density at radius 1 is 1.00 bits per heavy atom. The molecule has 0 amide bonds. The fraction of sp³-hybridized carbons (Fsp3) is 0.692. The Kier molecular flexibility index (Phi) is 3.32. The van der Waals surface area contributed by atoms with Crippen LogP contribution in [0.2, 0.25) is 0 Å². The van der Waals surface area contributed by atoms with Crippen molar-refractivity contribution in [3.05, 3.63) is 11.8 Å². The predicted molar refractivity (Wildman–Crippen MR) is 73.3 cm³/mol. The largest absolute Gasteiger partial charge is 0.356 e. The summed E-state index contributed by atoms with van der Waals surface area (Å²) in [5.41, 5.74) is 1.07. The van der Waals surface area contributed by atoms with Gasteiger partial charge in [0.05, 0.1) is 0 Å². The number of rotatable bonds is 2. The van der Waals surface area contributed by atoms with Crippen LogP contribution in [-0.4, -0.2) is 49.2 Å². The first-order chi connectivity index (χ1) is 8.83. The molecule has 0 radical (unpaired) electrons. The number of hydrogen-bond acceptors (Lipinski definition) is 5. The Balaban J connectivity index is 1.84. The van der Waals surface area contributed by atoms with Gasteiger partial charge in [-0.2, -0.15) is 4.98 Å². The summed E-state index contributed by atoms with van der Waals surface area (Å²) in [6.07, 6.45) is 2.57. The van der Waals surface area contributed by atoms with Crippen molar-refractivity contribution in [1.29, 1.82) is 0 Å². The molecule has 2 fully saturated rings. The second kappa shape index (κ2) is 5.10. The minimum Gasteiger partial charge on any atom is -0.356 e. The molecule has 18 heavy (non-hydrogen) atoms. The average Bonchev–Trinajstić information content (AvgIpc) is 2.93. The van der Waals surface area contributed by atoms with Crippen LogP contribution in [0.5, 0.6) is 0 Å². The molecule has 0 unspecified atom stereocenters. The monoisotopic (exact) mass is 247 g/mol. The van der Waals surface area contributed by atoms with Crippen LogP contribution < -0.4 is 15.1 Å². The van der Waals surface area contributed by atoms with Gasteiger partial charge in [-0.1, -0.05) is 0 Å². The summed E-state index contributed by atoms with van der Waals surface area (Å²) < 4.78 is 0. The topological polar surface area (TPSA) is 44.3 Å². The van der Waals surface area contributed by atoms with E-state index >= 15 is 0 Å². The van der Waals surface area contributed by atoms with E-state index in [9.17, 15) is 0 Å². The lowest BCUT2D eigenvalue weighted by Crippen LogP contribution is -2.44.